The monoisotopic (exact) mass is 396 g/mol. The molecule has 1 aliphatic heterocycles. The predicted molar refractivity (Wildman–Crippen MR) is 107 cm³/mol. The molecule has 2 heterocycles. The van der Waals surface area contributed by atoms with E-state index in [0.717, 1.165) is 11.8 Å². The number of piperidine rings is 1. The van der Waals surface area contributed by atoms with Crippen LogP contribution in [-0.2, 0) is 16.1 Å². The van der Waals surface area contributed by atoms with Gasteiger partial charge in [-0.25, -0.2) is 4.79 Å². The molecule has 4 rings (SSSR count). The van der Waals surface area contributed by atoms with Crippen LogP contribution in [0.5, 0.6) is 0 Å². The Kier molecular flexibility index (Phi) is 4.44. The number of likely N-dealkylation sites (tertiary alicyclic amines) is 1. The highest BCUT2D eigenvalue weighted by Crippen LogP contribution is 2.48. The van der Waals surface area contributed by atoms with Crippen molar-refractivity contribution in [2.24, 2.45) is 5.92 Å². The van der Waals surface area contributed by atoms with Crippen molar-refractivity contribution in [3.05, 3.63) is 35.5 Å². The van der Waals surface area contributed by atoms with Gasteiger partial charge in [-0.15, -0.1) is 0 Å². The lowest BCUT2D eigenvalue weighted by molar-refractivity contribution is -0.149. The quantitative estimate of drug-likeness (QED) is 0.455. The first kappa shape index (κ1) is 19.2. The molecule has 1 saturated heterocycles. The lowest BCUT2D eigenvalue weighted by Crippen LogP contribution is -2.44. The van der Waals surface area contributed by atoms with Crippen molar-refractivity contribution in [3.63, 3.8) is 0 Å². The lowest BCUT2D eigenvalue weighted by Gasteiger charge is -2.25. The van der Waals surface area contributed by atoms with E-state index in [0.29, 0.717) is 34.8 Å². The van der Waals surface area contributed by atoms with Gasteiger partial charge < -0.3 is 19.5 Å². The Labute approximate surface area is 168 Å². The van der Waals surface area contributed by atoms with E-state index < -0.39 is 12.0 Å². The number of nitrogens with zero attached hydrogens (tertiary/aromatic N) is 3. The van der Waals surface area contributed by atoms with Crippen molar-refractivity contribution in [1.82, 2.24) is 14.4 Å². The molecule has 1 saturated carbocycles. The average Bonchev–Trinajstić information content (AvgIpc) is 3.17. The second kappa shape index (κ2) is 6.72. The van der Waals surface area contributed by atoms with Crippen LogP contribution < -0.4 is 0 Å². The maximum absolute atomic E-state index is 13.0. The number of amides is 1. The third kappa shape index (κ3) is 3.18. The first-order chi connectivity index (χ1) is 13.7. The van der Waals surface area contributed by atoms with Gasteiger partial charge >= 0.3 is 5.97 Å². The van der Waals surface area contributed by atoms with Crippen molar-refractivity contribution >= 4 is 34.4 Å². The van der Waals surface area contributed by atoms with Gasteiger partial charge in [-0.1, -0.05) is 12.1 Å². The zero-order chi connectivity index (χ0) is 21.0. The third-order valence-corrected chi connectivity index (χ3v) is 5.97. The molecule has 2 fully saturated rings. The molecule has 3 atom stereocenters. The van der Waals surface area contributed by atoms with Crippen LogP contribution in [0.25, 0.3) is 10.9 Å². The van der Waals surface area contributed by atoms with Crippen molar-refractivity contribution in [2.75, 3.05) is 14.1 Å². The predicted octanol–water partition coefficient (Wildman–Crippen LogP) is 1.80. The molecule has 2 aliphatic rings. The van der Waals surface area contributed by atoms with Gasteiger partial charge in [-0.2, -0.15) is 0 Å². The van der Waals surface area contributed by atoms with Crippen LogP contribution in [0, 0.1) is 11.3 Å². The molecule has 8 heteroatoms. The Bertz CT molecular complexity index is 1050. The summed E-state index contributed by atoms with van der Waals surface area (Å²) < 4.78 is 1.70. The number of carboxylic acids is 1. The summed E-state index contributed by atoms with van der Waals surface area (Å²) in [6, 6.07) is 4.65. The summed E-state index contributed by atoms with van der Waals surface area (Å²) in [5.41, 5.74) is 1.87. The zero-order valence-electron chi connectivity index (χ0n) is 16.7. The van der Waals surface area contributed by atoms with Crippen molar-refractivity contribution < 1.29 is 19.5 Å². The number of amidine groups is 1. The number of carboxylic acid groups (broad SMARTS) is 1. The fourth-order valence-electron chi connectivity index (χ4n) is 4.37. The second-order valence-electron chi connectivity index (χ2n) is 8.16. The highest BCUT2D eigenvalue weighted by atomic mass is 16.4. The van der Waals surface area contributed by atoms with Crippen LogP contribution in [-0.4, -0.2) is 69.1 Å². The Morgan fingerprint density at radius 2 is 1.97 bits per heavy atom. The Hall–Kier alpha value is -3.16. The summed E-state index contributed by atoms with van der Waals surface area (Å²) in [6.45, 7) is 1.45. The van der Waals surface area contributed by atoms with E-state index in [2.05, 4.69) is 0 Å². The van der Waals surface area contributed by atoms with Crippen LogP contribution in [0.15, 0.2) is 24.4 Å². The van der Waals surface area contributed by atoms with E-state index in [-0.39, 0.29) is 24.3 Å². The number of rotatable bonds is 5. The number of benzene rings is 1. The van der Waals surface area contributed by atoms with Gasteiger partial charge in [0.25, 0.3) is 0 Å². The number of ketones is 1. The van der Waals surface area contributed by atoms with Crippen LogP contribution in [0.1, 0.15) is 35.7 Å². The molecule has 2 N–H and O–H groups in total. The molecule has 1 aromatic carbocycles. The summed E-state index contributed by atoms with van der Waals surface area (Å²) in [5, 5.41) is 18.4. The highest BCUT2D eigenvalue weighted by Gasteiger charge is 2.56. The Morgan fingerprint density at radius 3 is 2.59 bits per heavy atom. The number of fused-ring (bicyclic) bond motifs is 2. The largest absolute Gasteiger partial charge is 0.480 e. The van der Waals surface area contributed by atoms with Crippen molar-refractivity contribution in [1.29, 1.82) is 5.41 Å². The number of nitrogens with one attached hydrogen (secondary N) is 1. The van der Waals surface area contributed by atoms with Gasteiger partial charge in [0.2, 0.25) is 5.91 Å². The number of hydrogen-bond donors (Lipinski definition) is 2. The maximum atomic E-state index is 13.0. The number of aromatic nitrogens is 1. The van der Waals surface area contributed by atoms with Gasteiger partial charge in [-0.3, -0.25) is 15.0 Å². The second-order valence-corrected chi connectivity index (χ2v) is 8.16. The SMILES string of the molecule is CC(=O)c1cn(CC(=O)N2[C@@H]3C[C@@H]3C[C@H]2C(=O)O)c2cc(C(=N)N(C)C)ccc12. The van der Waals surface area contributed by atoms with E-state index in [1.807, 2.05) is 0 Å². The number of carbonyl (C=O) groups is 3. The third-order valence-electron chi connectivity index (χ3n) is 5.97. The molecule has 0 bridgehead atoms. The summed E-state index contributed by atoms with van der Waals surface area (Å²) >= 11 is 0. The zero-order valence-corrected chi connectivity index (χ0v) is 16.7. The van der Waals surface area contributed by atoms with Gasteiger partial charge in [-0.05, 0) is 31.7 Å². The molecular formula is C21H24N4O4. The Balaban J connectivity index is 1.71. The molecule has 152 valence electrons. The first-order valence-corrected chi connectivity index (χ1v) is 9.63. The molecule has 29 heavy (non-hydrogen) atoms. The Morgan fingerprint density at radius 1 is 1.24 bits per heavy atom. The number of hydrogen-bond acceptors (Lipinski definition) is 4. The van der Waals surface area contributed by atoms with Gasteiger partial charge in [0.05, 0.1) is 0 Å². The fourth-order valence-corrected chi connectivity index (χ4v) is 4.37. The first-order valence-electron chi connectivity index (χ1n) is 9.63. The molecule has 0 spiro atoms. The van der Waals surface area contributed by atoms with E-state index in [4.69, 9.17) is 5.41 Å². The normalized spacial score (nSPS) is 22.4. The minimum atomic E-state index is -0.964. The van der Waals surface area contributed by atoms with E-state index in [1.165, 1.54) is 11.8 Å². The maximum Gasteiger partial charge on any atom is 0.326 e. The molecule has 0 radical (unpaired) electrons. The molecule has 1 aliphatic carbocycles. The standard InChI is InChI=1S/C21H24N4O4/c1-11(26)15-9-24(17-6-12(4-5-14(15)17)20(22)23(2)3)10-19(27)25-16-7-13(16)8-18(25)21(28)29/h4-6,9,13,16,18,22H,7-8,10H2,1-3H3,(H,28,29)/t13-,16-,18+/m1/s1. The molecular weight excluding hydrogens is 372 g/mol. The van der Waals surface area contributed by atoms with Crippen molar-refractivity contribution in [2.45, 2.75) is 38.4 Å². The average molecular weight is 396 g/mol. The smallest absolute Gasteiger partial charge is 0.326 e. The fraction of sp³-hybridized carbons (Fsp3) is 0.429. The minimum absolute atomic E-state index is 0.0233. The van der Waals surface area contributed by atoms with Gasteiger partial charge in [0.15, 0.2) is 5.78 Å². The number of carbonyl (C=O) groups excluding carboxylic acids is 2. The number of aliphatic carboxylic acids is 1. The lowest BCUT2D eigenvalue weighted by atomic mass is 10.1. The molecule has 1 aromatic heterocycles. The summed E-state index contributed by atoms with van der Waals surface area (Å²) in [7, 11) is 3.56. The molecule has 0 unspecified atom stereocenters. The van der Waals surface area contributed by atoms with E-state index in [9.17, 15) is 19.5 Å². The number of Topliss-reactive ketones (excluding diaryl/α,β-unsaturated/α-hetero) is 1. The van der Waals surface area contributed by atoms with Crippen LogP contribution in [0.4, 0.5) is 0 Å². The van der Waals surface area contributed by atoms with Gasteiger partial charge in [0, 0.05) is 48.4 Å². The van der Waals surface area contributed by atoms with E-state index in [1.54, 1.807) is 48.0 Å². The summed E-state index contributed by atoms with van der Waals surface area (Å²) in [6.07, 6.45) is 3.04. The van der Waals surface area contributed by atoms with Gasteiger partial charge in [0.1, 0.15) is 18.4 Å². The summed E-state index contributed by atoms with van der Waals surface area (Å²) in [5.74, 6) is -0.705. The van der Waals surface area contributed by atoms with E-state index >= 15 is 0 Å². The molecule has 1 amide bonds. The van der Waals surface area contributed by atoms with Crippen LogP contribution in [0.2, 0.25) is 0 Å². The molecule has 8 nitrogen and oxygen atoms in total. The van der Waals surface area contributed by atoms with Crippen LogP contribution in [0.3, 0.4) is 0 Å². The minimum Gasteiger partial charge on any atom is -0.480 e. The molecule has 2 aromatic rings. The summed E-state index contributed by atoms with van der Waals surface area (Å²) in [4.78, 5) is 39.9. The van der Waals surface area contributed by atoms with Crippen molar-refractivity contribution in [3.8, 4) is 0 Å². The van der Waals surface area contributed by atoms with Crippen LogP contribution >= 0.6 is 0 Å². The highest BCUT2D eigenvalue weighted by molar-refractivity contribution is 6.09. The topological polar surface area (TPSA) is 107 Å².